The fraction of sp³-hybridized carbons (Fsp3) is 0.500. The molecule has 1 rings (SSSR count). The second kappa shape index (κ2) is 10.3. The summed E-state index contributed by atoms with van der Waals surface area (Å²) in [5.74, 6) is -0.639. The van der Waals surface area contributed by atoms with Gasteiger partial charge in [0, 0.05) is 12.5 Å². The maximum absolute atomic E-state index is 11.6. The van der Waals surface area contributed by atoms with E-state index in [4.69, 9.17) is 9.47 Å². The second-order valence-corrected chi connectivity index (χ2v) is 6.72. The van der Waals surface area contributed by atoms with Crippen molar-refractivity contribution in [1.82, 2.24) is 10.8 Å². The highest BCUT2D eigenvalue weighted by Gasteiger charge is 2.18. The van der Waals surface area contributed by atoms with Gasteiger partial charge in [0.2, 0.25) is 0 Å². The van der Waals surface area contributed by atoms with E-state index in [2.05, 4.69) is 10.2 Å². The summed E-state index contributed by atoms with van der Waals surface area (Å²) in [5, 5.41) is 2.61. The Labute approximate surface area is 153 Å². The molecule has 1 atom stereocenters. The van der Waals surface area contributed by atoms with Crippen LogP contribution in [0.1, 0.15) is 46.1 Å². The van der Waals surface area contributed by atoms with E-state index < -0.39 is 23.8 Å². The SMILES string of the molecule is C[C@@H](CCC(=O)ONC(=O)OCc1ccccc1)NC(=O)OC(C)(C)C. The smallest absolute Gasteiger partial charge is 0.441 e. The Hall–Kier alpha value is -2.77. The van der Waals surface area contributed by atoms with Crippen molar-refractivity contribution in [3.8, 4) is 0 Å². The summed E-state index contributed by atoms with van der Waals surface area (Å²) >= 11 is 0. The third-order valence-electron chi connectivity index (χ3n) is 3.01. The molecule has 0 radical (unpaired) electrons. The van der Waals surface area contributed by atoms with Crippen molar-refractivity contribution in [3.63, 3.8) is 0 Å². The highest BCUT2D eigenvalue weighted by molar-refractivity contribution is 5.73. The van der Waals surface area contributed by atoms with E-state index >= 15 is 0 Å². The van der Waals surface area contributed by atoms with Crippen LogP contribution in [0.2, 0.25) is 0 Å². The van der Waals surface area contributed by atoms with Gasteiger partial charge in [-0.25, -0.2) is 14.4 Å². The number of hydrogen-bond donors (Lipinski definition) is 2. The molecule has 0 aliphatic rings. The van der Waals surface area contributed by atoms with Crippen LogP contribution in [-0.2, 0) is 25.7 Å². The maximum Gasteiger partial charge on any atom is 0.441 e. The lowest BCUT2D eigenvalue weighted by Crippen LogP contribution is -2.38. The normalized spacial score (nSPS) is 11.8. The first-order valence-corrected chi connectivity index (χ1v) is 8.31. The summed E-state index contributed by atoms with van der Waals surface area (Å²) in [7, 11) is 0. The van der Waals surface area contributed by atoms with Crippen molar-refractivity contribution in [2.45, 2.75) is 58.8 Å². The van der Waals surface area contributed by atoms with Crippen LogP contribution in [0.4, 0.5) is 9.59 Å². The van der Waals surface area contributed by atoms with Crippen molar-refractivity contribution in [2.75, 3.05) is 0 Å². The summed E-state index contributed by atoms with van der Waals surface area (Å²) in [4.78, 5) is 39.3. The molecule has 0 aliphatic carbocycles. The molecule has 8 nitrogen and oxygen atoms in total. The molecule has 0 heterocycles. The van der Waals surface area contributed by atoms with Crippen LogP contribution in [0.5, 0.6) is 0 Å². The molecule has 0 unspecified atom stereocenters. The summed E-state index contributed by atoms with van der Waals surface area (Å²) in [5.41, 5.74) is 2.15. The monoisotopic (exact) mass is 366 g/mol. The Morgan fingerprint density at radius 1 is 1.08 bits per heavy atom. The van der Waals surface area contributed by atoms with E-state index in [0.717, 1.165) is 5.56 Å². The number of carbonyl (C=O) groups excluding carboxylic acids is 3. The van der Waals surface area contributed by atoms with Crippen molar-refractivity contribution in [1.29, 1.82) is 0 Å². The zero-order valence-corrected chi connectivity index (χ0v) is 15.5. The molecule has 144 valence electrons. The third kappa shape index (κ3) is 10.2. The van der Waals surface area contributed by atoms with Crippen molar-refractivity contribution >= 4 is 18.2 Å². The quantitative estimate of drug-likeness (QED) is 0.592. The van der Waals surface area contributed by atoms with Gasteiger partial charge in [0.15, 0.2) is 0 Å². The van der Waals surface area contributed by atoms with E-state index in [1.165, 1.54) is 0 Å². The lowest BCUT2D eigenvalue weighted by Gasteiger charge is -2.21. The van der Waals surface area contributed by atoms with Crippen LogP contribution in [0, 0.1) is 0 Å². The molecule has 0 saturated heterocycles. The van der Waals surface area contributed by atoms with Crippen LogP contribution >= 0.6 is 0 Å². The van der Waals surface area contributed by atoms with E-state index in [0.29, 0.717) is 6.42 Å². The van der Waals surface area contributed by atoms with E-state index in [1.807, 2.05) is 23.7 Å². The standard InChI is InChI=1S/C18H26N2O6/c1-13(19-16(22)25-18(2,3)4)10-11-15(21)26-20-17(23)24-12-14-8-6-5-7-9-14/h5-9,13H,10-12H2,1-4H3,(H,19,22)(H,20,23)/t13-/m0/s1. The van der Waals surface area contributed by atoms with Crippen LogP contribution in [0.3, 0.4) is 0 Å². The molecule has 0 aliphatic heterocycles. The predicted octanol–water partition coefficient (Wildman–Crippen LogP) is 3.06. The molecule has 0 aromatic heterocycles. The van der Waals surface area contributed by atoms with Crippen molar-refractivity contribution < 1.29 is 28.7 Å². The minimum atomic E-state index is -0.859. The molecule has 8 heteroatoms. The lowest BCUT2D eigenvalue weighted by molar-refractivity contribution is -0.150. The highest BCUT2D eigenvalue weighted by atomic mass is 16.7. The van der Waals surface area contributed by atoms with E-state index in [-0.39, 0.29) is 19.1 Å². The Morgan fingerprint density at radius 3 is 2.35 bits per heavy atom. The first kappa shape index (κ1) is 21.3. The summed E-state index contributed by atoms with van der Waals surface area (Å²) in [6.07, 6.45) is -1.07. The predicted molar refractivity (Wildman–Crippen MR) is 93.9 cm³/mol. The summed E-state index contributed by atoms with van der Waals surface area (Å²) < 4.78 is 10.0. The second-order valence-electron chi connectivity index (χ2n) is 6.72. The first-order valence-electron chi connectivity index (χ1n) is 8.31. The topological polar surface area (TPSA) is 103 Å². The summed E-state index contributed by atoms with van der Waals surface area (Å²) in [6.45, 7) is 7.09. The van der Waals surface area contributed by atoms with Gasteiger partial charge < -0.3 is 19.6 Å². The van der Waals surface area contributed by atoms with Gasteiger partial charge >= 0.3 is 18.2 Å². The number of benzene rings is 1. The molecule has 26 heavy (non-hydrogen) atoms. The van der Waals surface area contributed by atoms with Gasteiger partial charge in [0.25, 0.3) is 0 Å². The zero-order chi connectivity index (χ0) is 19.6. The van der Waals surface area contributed by atoms with Gasteiger partial charge in [-0.2, -0.15) is 0 Å². The van der Waals surface area contributed by atoms with Gasteiger partial charge in [0.05, 0.1) is 0 Å². The number of hydroxylamine groups is 1. The number of amides is 2. The molecule has 0 bridgehead atoms. The van der Waals surface area contributed by atoms with E-state index in [1.54, 1.807) is 39.8 Å². The fourth-order valence-corrected chi connectivity index (χ4v) is 1.82. The van der Waals surface area contributed by atoms with Crippen LogP contribution in [0.25, 0.3) is 0 Å². The number of ether oxygens (including phenoxy) is 2. The highest BCUT2D eigenvalue weighted by Crippen LogP contribution is 2.07. The zero-order valence-electron chi connectivity index (χ0n) is 15.5. The minimum Gasteiger partial charge on any atom is -0.444 e. The van der Waals surface area contributed by atoms with Gasteiger partial charge in [-0.15, -0.1) is 5.48 Å². The third-order valence-corrected chi connectivity index (χ3v) is 3.01. The van der Waals surface area contributed by atoms with Gasteiger partial charge in [0.1, 0.15) is 12.2 Å². The van der Waals surface area contributed by atoms with Gasteiger partial charge in [-0.05, 0) is 39.7 Å². The van der Waals surface area contributed by atoms with E-state index in [9.17, 15) is 14.4 Å². The van der Waals surface area contributed by atoms with Crippen LogP contribution < -0.4 is 10.8 Å². The average molecular weight is 366 g/mol. The molecule has 2 amide bonds. The molecule has 2 N–H and O–H groups in total. The minimum absolute atomic E-state index is 0.00985. The molecule has 1 aromatic carbocycles. The fourth-order valence-electron chi connectivity index (χ4n) is 1.82. The summed E-state index contributed by atoms with van der Waals surface area (Å²) in [6, 6.07) is 8.81. The number of rotatable bonds is 6. The Bertz CT molecular complexity index is 597. The van der Waals surface area contributed by atoms with Crippen molar-refractivity contribution in [2.24, 2.45) is 0 Å². The number of nitrogens with one attached hydrogen (secondary N) is 2. The van der Waals surface area contributed by atoms with Gasteiger partial charge in [-0.1, -0.05) is 30.3 Å². The number of alkyl carbamates (subject to hydrolysis) is 1. The van der Waals surface area contributed by atoms with Crippen LogP contribution in [-0.4, -0.2) is 29.8 Å². The van der Waals surface area contributed by atoms with Gasteiger partial charge in [-0.3, -0.25) is 0 Å². The first-order chi connectivity index (χ1) is 12.2. The average Bonchev–Trinajstić information content (AvgIpc) is 2.55. The van der Waals surface area contributed by atoms with Crippen molar-refractivity contribution in [3.05, 3.63) is 35.9 Å². The Balaban J connectivity index is 2.17. The van der Waals surface area contributed by atoms with Crippen LogP contribution in [0.15, 0.2) is 30.3 Å². The molecule has 0 spiro atoms. The molecular formula is C18H26N2O6. The molecule has 1 aromatic rings. The maximum atomic E-state index is 11.6. The molecule has 0 saturated carbocycles. The molecular weight excluding hydrogens is 340 g/mol. The lowest BCUT2D eigenvalue weighted by atomic mass is 10.2. The number of hydrogen-bond acceptors (Lipinski definition) is 6. The largest absolute Gasteiger partial charge is 0.444 e. The Kier molecular flexibility index (Phi) is 8.41. The number of carbonyl (C=O) groups is 3. The molecule has 0 fully saturated rings. The Morgan fingerprint density at radius 2 is 1.73 bits per heavy atom.